The van der Waals surface area contributed by atoms with Gasteiger partial charge in [-0.25, -0.2) is 0 Å². The molecule has 1 heterocycles. The highest BCUT2D eigenvalue weighted by Crippen LogP contribution is 2.08. The highest BCUT2D eigenvalue weighted by atomic mass is 16.5. The van der Waals surface area contributed by atoms with E-state index in [1.165, 1.54) is 0 Å². The van der Waals surface area contributed by atoms with E-state index < -0.39 is 0 Å². The molecule has 0 aliphatic heterocycles. The minimum Gasteiger partial charge on any atom is -0.385 e. The molecule has 0 aliphatic rings. The Kier molecular flexibility index (Phi) is 6.81. The number of rotatable bonds is 8. The summed E-state index contributed by atoms with van der Waals surface area (Å²) in [5.74, 6) is 0.593. The van der Waals surface area contributed by atoms with Crippen LogP contribution in [0.1, 0.15) is 30.8 Å². The zero-order valence-corrected chi connectivity index (χ0v) is 11.8. The summed E-state index contributed by atoms with van der Waals surface area (Å²) >= 11 is 0. The maximum absolute atomic E-state index is 11.8. The van der Waals surface area contributed by atoms with Crippen LogP contribution in [0, 0.1) is 0 Å². The molecule has 0 saturated heterocycles. The fraction of sp³-hybridized carbons (Fsp3) is 0.615. The van der Waals surface area contributed by atoms with Gasteiger partial charge in [0.1, 0.15) is 0 Å². The number of hydrogen-bond donors (Lipinski definition) is 1. The lowest BCUT2D eigenvalue weighted by molar-refractivity contribution is 0.0942. The van der Waals surface area contributed by atoms with E-state index in [1.54, 1.807) is 13.2 Å². The van der Waals surface area contributed by atoms with Crippen LogP contribution in [0.5, 0.6) is 0 Å². The van der Waals surface area contributed by atoms with Gasteiger partial charge < -0.3 is 15.0 Å². The van der Waals surface area contributed by atoms with Gasteiger partial charge in [-0.15, -0.1) is 10.2 Å². The van der Waals surface area contributed by atoms with Gasteiger partial charge in [-0.1, -0.05) is 0 Å². The Balaban J connectivity index is 2.53. The molecule has 0 aromatic carbocycles. The summed E-state index contributed by atoms with van der Waals surface area (Å²) in [6.07, 6.45) is 0.785. The molecule has 1 aromatic heterocycles. The van der Waals surface area contributed by atoms with Gasteiger partial charge in [-0.2, -0.15) is 0 Å². The van der Waals surface area contributed by atoms with E-state index in [9.17, 15) is 4.79 Å². The maximum Gasteiger partial charge on any atom is 0.271 e. The molecule has 0 unspecified atom stereocenters. The summed E-state index contributed by atoms with van der Waals surface area (Å²) in [7, 11) is 1.64. The quantitative estimate of drug-likeness (QED) is 0.713. The Morgan fingerprint density at radius 3 is 2.58 bits per heavy atom. The predicted octanol–water partition coefficient (Wildman–Crippen LogP) is 1.09. The highest BCUT2D eigenvalue weighted by molar-refractivity contribution is 5.92. The van der Waals surface area contributed by atoms with E-state index in [1.807, 2.05) is 6.07 Å². The van der Waals surface area contributed by atoms with Crippen LogP contribution in [0.2, 0.25) is 0 Å². The highest BCUT2D eigenvalue weighted by Gasteiger charge is 2.09. The lowest BCUT2D eigenvalue weighted by atomic mass is 10.3. The normalized spacial score (nSPS) is 10.3. The Labute approximate surface area is 114 Å². The Morgan fingerprint density at radius 2 is 2.05 bits per heavy atom. The van der Waals surface area contributed by atoms with Crippen LogP contribution >= 0.6 is 0 Å². The first-order valence-corrected chi connectivity index (χ1v) is 6.58. The third-order valence-corrected chi connectivity index (χ3v) is 2.78. The van der Waals surface area contributed by atoms with E-state index in [2.05, 4.69) is 34.3 Å². The molecule has 0 radical (unpaired) electrons. The first kappa shape index (κ1) is 15.4. The van der Waals surface area contributed by atoms with Crippen molar-refractivity contribution in [2.75, 3.05) is 38.3 Å². The number of ether oxygens (including phenoxy) is 1. The van der Waals surface area contributed by atoms with Crippen molar-refractivity contribution in [2.45, 2.75) is 20.3 Å². The maximum atomic E-state index is 11.8. The van der Waals surface area contributed by atoms with Crippen molar-refractivity contribution in [3.8, 4) is 0 Å². The topological polar surface area (TPSA) is 67.4 Å². The molecule has 106 valence electrons. The molecule has 1 aromatic rings. The summed E-state index contributed by atoms with van der Waals surface area (Å²) in [4.78, 5) is 13.8. The molecule has 6 nitrogen and oxygen atoms in total. The SMILES string of the molecule is CCN(CC)c1ccc(C(=O)NCCCOC)nn1. The summed E-state index contributed by atoms with van der Waals surface area (Å²) in [5.41, 5.74) is 0.341. The number of methoxy groups -OCH3 is 1. The third kappa shape index (κ3) is 4.82. The molecule has 6 heteroatoms. The van der Waals surface area contributed by atoms with Crippen molar-refractivity contribution in [1.82, 2.24) is 15.5 Å². The number of aromatic nitrogens is 2. The van der Waals surface area contributed by atoms with Crippen molar-refractivity contribution in [3.63, 3.8) is 0 Å². The standard InChI is InChI=1S/C13H22N4O2/c1-4-17(5-2)12-8-7-11(15-16-12)13(18)14-9-6-10-19-3/h7-8H,4-6,9-10H2,1-3H3,(H,14,18). The van der Waals surface area contributed by atoms with Crippen LogP contribution < -0.4 is 10.2 Å². The number of hydrogen-bond acceptors (Lipinski definition) is 5. The predicted molar refractivity (Wildman–Crippen MR) is 74.4 cm³/mol. The average molecular weight is 266 g/mol. The first-order chi connectivity index (χ1) is 9.22. The zero-order chi connectivity index (χ0) is 14.1. The van der Waals surface area contributed by atoms with E-state index in [4.69, 9.17) is 4.74 Å². The number of nitrogens with one attached hydrogen (secondary N) is 1. The van der Waals surface area contributed by atoms with Gasteiger partial charge >= 0.3 is 0 Å². The minimum absolute atomic E-state index is 0.199. The number of anilines is 1. The molecule has 1 N–H and O–H groups in total. The third-order valence-electron chi connectivity index (χ3n) is 2.78. The Morgan fingerprint density at radius 1 is 1.32 bits per heavy atom. The molecule has 0 spiro atoms. The molecule has 0 bridgehead atoms. The van der Waals surface area contributed by atoms with Crippen molar-refractivity contribution >= 4 is 11.7 Å². The first-order valence-electron chi connectivity index (χ1n) is 6.58. The smallest absolute Gasteiger partial charge is 0.271 e. The van der Waals surface area contributed by atoms with Gasteiger partial charge in [-0.3, -0.25) is 4.79 Å². The number of carbonyl (C=O) groups is 1. The molecule has 1 rings (SSSR count). The average Bonchev–Trinajstić information content (AvgIpc) is 2.45. The monoisotopic (exact) mass is 266 g/mol. The van der Waals surface area contributed by atoms with Gasteiger partial charge in [0.25, 0.3) is 5.91 Å². The fourth-order valence-corrected chi connectivity index (χ4v) is 1.67. The lowest BCUT2D eigenvalue weighted by Gasteiger charge is -2.18. The number of nitrogens with zero attached hydrogens (tertiary/aromatic N) is 3. The number of amides is 1. The van der Waals surface area contributed by atoms with Crippen LogP contribution in [0.4, 0.5) is 5.82 Å². The Bertz CT molecular complexity index is 377. The van der Waals surface area contributed by atoms with Crippen molar-refractivity contribution < 1.29 is 9.53 Å². The number of carbonyl (C=O) groups excluding carboxylic acids is 1. The second-order valence-electron chi connectivity index (χ2n) is 4.05. The lowest BCUT2D eigenvalue weighted by Crippen LogP contribution is -2.27. The largest absolute Gasteiger partial charge is 0.385 e. The summed E-state index contributed by atoms with van der Waals surface area (Å²) < 4.78 is 4.91. The Hall–Kier alpha value is -1.69. The molecule has 1 amide bonds. The van der Waals surface area contributed by atoms with Crippen LogP contribution in [0.25, 0.3) is 0 Å². The van der Waals surface area contributed by atoms with Gasteiger partial charge in [0.05, 0.1) is 0 Å². The van der Waals surface area contributed by atoms with E-state index in [0.717, 1.165) is 25.3 Å². The van der Waals surface area contributed by atoms with Crippen molar-refractivity contribution in [1.29, 1.82) is 0 Å². The van der Waals surface area contributed by atoms with Gasteiger partial charge in [0.2, 0.25) is 0 Å². The van der Waals surface area contributed by atoms with Crippen molar-refractivity contribution in [2.24, 2.45) is 0 Å². The van der Waals surface area contributed by atoms with Crippen molar-refractivity contribution in [3.05, 3.63) is 17.8 Å². The summed E-state index contributed by atoms with van der Waals surface area (Å²) in [6, 6.07) is 3.52. The van der Waals surface area contributed by atoms with Crippen LogP contribution in [-0.4, -0.2) is 49.5 Å². The zero-order valence-electron chi connectivity index (χ0n) is 11.8. The van der Waals surface area contributed by atoms with Crippen LogP contribution in [0.15, 0.2) is 12.1 Å². The molecule has 0 saturated carbocycles. The second-order valence-corrected chi connectivity index (χ2v) is 4.05. The van der Waals surface area contributed by atoms with Gasteiger partial charge in [0, 0.05) is 33.4 Å². The van der Waals surface area contributed by atoms with Crippen LogP contribution in [0.3, 0.4) is 0 Å². The summed E-state index contributed by atoms with van der Waals surface area (Å²) in [6.45, 7) is 7.06. The van der Waals surface area contributed by atoms with E-state index >= 15 is 0 Å². The minimum atomic E-state index is -0.199. The molecule has 0 fully saturated rings. The molecular formula is C13H22N4O2. The fourth-order valence-electron chi connectivity index (χ4n) is 1.67. The van der Waals surface area contributed by atoms with Gasteiger partial charge in [0.15, 0.2) is 11.5 Å². The van der Waals surface area contributed by atoms with Gasteiger partial charge in [-0.05, 0) is 32.4 Å². The summed E-state index contributed by atoms with van der Waals surface area (Å²) in [5, 5.41) is 10.8. The van der Waals surface area contributed by atoms with E-state index in [0.29, 0.717) is 18.8 Å². The molecule has 19 heavy (non-hydrogen) atoms. The molecule has 0 aliphatic carbocycles. The van der Waals surface area contributed by atoms with Crippen LogP contribution in [-0.2, 0) is 4.74 Å². The van der Waals surface area contributed by atoms with E-state index in [-0.39, 0.29) is 5.91 Å². The molecule has 0 atom stereocenters. The molecular weight excluding hydrogens is 244 g/mol. The second kappa shape index (κ2) is 8.42.